The van der Waals surface area contributed by atoms with Crippen molar-refractivity contribution in [1.29, 1.82) is 0 Å². The molecule has 3 aliphatic rings. The smallest absolute Gasteiger partial charge is 0.269 e. The van der Waals surface area contributed by atoms with Gasteiger partial charge in [-0.3, -0.25) is 25.6 Å². The number of alkyl halides is 1. The molecule has 0 aliphatic heterocycles. The number of halogens is 7. The van der Waals surface area contributed by atoms with Crippen molar-refractivity contribution in [3.8, 4) is 23.0 Å². The number of carbonyl (C=O) groups excluding carboxylic acids is 4. The van der Waals surface area contributed by atoms with E-state index in [4.69, 9.17) is 65.4 Å². The number of hydrogen-bond donors (Lipinski definition) is 7. The molecule has 0 radical (unpaired) electrons. The summed E-state index contributed by atoms with van der Waals surface area (Å²) >= 11 is 27.7. The van der Waals surface area contributed by atoms with Crippen LogP contribution in [0.25, 0.3) is 0 Å². The Morgan fingerprint density at radius 2 is 0.953 bits per heavy atom. The maximum absolute atomic E-state index is 15.7. The Hall–Kier alpha value is -8.72. The molecule has 0 spiro atoms. The number of likely N-dealkylation sites (N-methyl/N-ethyl adjacent to an activating group) is 3. The summed E-state index contributed by atoms with van der Waals surface area (Å²) < 4.78 is 154. The number of rotatable bonds is 35. The Morgan fingerprint density at radius 3 is 1.32 bits per heavy atom. The van der Waals surface area contributed by atoms with Gasteiger partial charge in [0.2, 0.25) is 0 Å². The molecule has 9 aromatic rings. The second kappa shape index (κ2) is 51.6. The Morgan fingerprint density at radius 1 is 0.551 bits per heavy atom. The van der Waals surface area contributed by atoms with E-state index in [0.717, 1.165) is 155 Å². The molecule has 696 valence electrons. The van der Waals surface area contributed by atoms with Gasteiger partial charge in [0, 0.05) is 115 Å². The third-order valence-electron chi connectivity index (χ3n) is 21.1. The molecular weight excluding hydrogens is 1850 g/mol. The number of aldehydes is 4. The summed E-state index contributed by atoms with van der Waals surface area (Å²) in [6.07, 6.45) is 21.4. The minimum absolute atomic E-state index is 0.00499. The van der Waals surface area contributed by atoms with Gasteiger partial charge in [0.1, 0.15) is 91.7 Å². The third kappa shape index (κ3) is 29.1. The largest absolute Gasteiger partial charge is 0.497 e. The predicted molar refractivity (Wildman–Crippen MR) is 499 cm³/mol. The molecule has 31 nitrogen and oxygen atoms in total. The van der Waals surface area contributed by atoms with E-state index < -0.39 is 73.6 Å². The molecule has 3 fully saturated rings. The number of anilines is 7. The van der Waals surface area contributed by atoms with Crippen LogP contribution in [0, 0.1) is 17.5 Å². The Labute approximate surface area is 773 Å². The Bertz CT molecular complexity index is 5300. The van der Waals surface area contributed by atoms with E-state index in [0.29, 0.717) is 77.1 Å². The van der Waals surface area contributed by atoms with Crippen LogP contribution in [0.1, 0.15) is 109 Å². The normalized spacial score (nSPS) is 16.8. The summed E-state index contributed by atoms with van der Waals surface area (Å²) in [6, 6.07) is 15.9. The lowest BCUT2D eigenvalue weighted by molar-refractivity contribution is -0.122. The van der Waals surface area contributed by atoms with Gasteiger partial charge in [-0.25, -0.2) is 62.0 Å². The molecule has 0 saturated heterocycles. The summed E-state index contributed by atoms with van der Waals surface area (Å²) in [4.78, 5) is 58.3. The second-order valence-corrected chi connectivity index (χ2v) is 38.6. The van der Waals surface area contributed by atoms with Crippen molar-refractivity contribution in [2.24, 2.45) is 12.9 Å². The first-order chi connectivity index (χ1) is 60.7. The lowest BCUT2D eigenvalue weighted by atomic mass is 9.88. The van der Waals surface area contributed by atoms with Crippen molar-refractivity contribution < 1.29 is 76.6 Å². The van der Waals surface area contributed by atoms with Crippen molar-refractivity contribution in [1.82, 2.24) is 45.3 Å². The highest BCUT2D eigenvalue weighted by Crippen LogP contribution is 2.41. The van der Waals surface area contributed by atoms with Crippen LogP contribution in [0.2, 0.25) is 15.1 Å². The zero-order chi connectivity index (χ0) is 93.3. The SMILES string of the molecule is CCN(CC)CC.CN(c1cnn(C)c1)[C@H]1CCCC[C@@H]1Nc1cc(F)c(S(=O)(=O)Nc2nccs2)cc1Cl.CNN.CN[C@H]1CCCC[C@@H]1Nc1cc(F)c(S(=O)(=O)N(Cc2ccc(OC)cc2OC)c2nccs2)cc1Cl.COc1ccc(CN(c2nccs2)S(=O)(=O)c2cc(Cl)c(N[C@H]3CCCC[C@@H]3N(C)C(C=O)C=O)cc2F)c(OC)c1.O=CC(Cl)C=O. The molecule has 12 rings (SSSR count). The summed E-state index contributed by atoms with van der Waals surface area (Å²) in [6.45, 7) is 9.80. The maximum atomic E-state index is 15.7. The highest BCUT2D eigenvalue weighted by molar-refractivity contribution is 7.93. The van der Waals surface area contributed by atoms with E-state index in [1.54, 1.807) is 76.2 Å². The van der Waals surface area contributed by atoms with Gasteiger partial charge in [-0.2, -0.15) is 5.10 Å². The lowest BCUT2D eigenvalue weighted by Gasteiger charge is -2.40. The standard InChI is InChI=1S/C28H32ClFN4O6S2.C25H30ClFN4O4S2.C20H24ClFN6O2S2.C6H15N.C3H3ClO2.CH6N2/c1-33(19(16-35)17-36)25-7-5-4-6-23(25)32-24-14-22(30)27(13-21(24)29)42(37,38)34(28-31-10-11-41-28)15-18-8-9-20(39-2)12-26(18)40-3;1-28-20-6-4-5-7-21(20)30-22-14-19(27)24(13-18(22)26)37(32,33)31(25-29-10-11-36-25)15-16-8-9-17(34-2)12-23(16)35-3;1-27-12-13(11-24-27)28(2)18-6-4-3-5-16(18)25-17-10-15(22)19(9-14(17)21)32(29,30)26-20-23-7-8-31-20;1-4-7(5-2)6-3;4-3(1-5)2-6;1-3-2/h8-14,16-17,19,23,25,32H,4-7,15H2,1-3H3;8-14,20-21,28,30H,4-7,15H2,1-3H3;7-12,16,18,25H,3-6H2,1-2H3,(H,23,26);4-6H2,1-3H3;1-3H;3H,2H2,1H3/t23-,25-;20-,21-;16-,18-;;;/m000.../s1. The third-order valence-corrected chi connectivity index (χ3v) is 29.8. The molecule has 5 aromatic carbocycles. The number of carbonyl (C=O) groups is 4. The maximum Gasteiger partial charge on any atom is 0.269 e. The fraction of sp³-hybridized carbons (Fsp3) is 0.446. The van der Waals surface area contributed by atoms with Crippen LogP contribution in [0.5, 0.6) is 23.0 Å². The van der Waals surface area contributed by atoms with Crippen molar-refractivity contribution in [2.45, 2.75) is 173 Å². The van der Waals surface area contributed by atoms with Crippen LogP contribution in [-0.4, -0.2) is 209 Å². The number of benzene rings is 5. The number of aryl methyl sites for hydroxylation is 1. The number of nitrogens with one attached hydrogen (secondary N) is 6. The van der Waals surface area contributed by atoms with Gasteiger partial charge in [-0.05, 0) is 140 Å². The minimum Gasteiger partial charge on any atom is -0.497 e. The van der Waals surface area contributed by atoms with Gasteiger partial charge in [0.15, 0.2) is 15.4 Å². The van der Waals surface area contributed by atoms with E-state index in [9.17, 15) is 48.8 Å². The van der Waals surface area contributed by atoms with E-state index in [2.05, 4.69) is 87.9 Å². The molecular formula is C83H110Cl4F3N17O14S6. The molecule has 44 heteroatoms. The first-order valence-electron chi connectivity index (χ1n) is 40.3. The van der Waals surface area contributed by atoms with Gasteiger partial charge in [-0.15, -0.1) is 45.6 Å². The van der Waals surface area contributed by atoms with Crippen molar-refractivity contribution in [2.75, 3.05) is 110 Å². The van der Waals surface area contributed by atoms with Crippen LogP contribution in [0.15, 0.2) is 135 Å². The number of methoxy groups -OCH3 is 4. The second-order valence-electron chi connectivity index (χ2n) is 28.9. The number of hydrazine groups is 1. The van der Waals surface area contributed by atoms with E-state index in [1.165, 1.54) is 66.7 Å². The number of aromatic nitrogens is 5. The topological polar surface area (TPSA) is 379 Å². The van der Waals surface area contributed by atoms with Gasteiger partial charge in [-0.1, -0.05) is 94.1 Å². The summed E-state index contributed by atoms with van der Waals surface area (Å²) in [5, 5.41) is 22.1. The van der Waals surface area contributed by atoms with Gasteiger partial charge in [0.05, 0.1) is 85.5 Å². The van der Waals surface area contributed by atoms with E-state index in [-0.39, 0.29) is 85.5 Å². The monoisotopic (exact) mass is 1960 g/mol. The fourth-order valence-electron chi connectivity index (χ4n) is 14.4. The highest BCUT2D eigenvalue weighted by atomic mass is 35.5. The number of sulfonamides is 3. The lowest BCUT2D eigenvalue weighted by Crippen LogP contribution is -2.52. The minimum atomic E-state index is -4.49. The van der Waals surface area contributed by atoms with E-state index >= 15 is 8.78 Å². The number of ether oxygens (including phenoxy) is 4. The summed E-state index contributed by atoms with van der Waals surface area (Å²) in [5.41, 5.74) is 5.26. The molecule has 0 bridgehead atoms. The Kier molecular flexibility index (Phi) is 42.8. The highest BCUT2D eigenvalue weighted by Gasteiger charge is 2.38. The van der Waals surface area contributed by atoms with Crippen LogP contribution >= 0.6 is 80.4 Å². The van der Waals surface area contributed by atoms with Gasteiger partial charge < -0.3 is 69.2 Å². The van der Waals surface area contributed by atoms with Crippen LogP contribution in [-0.2, 0) is 69.4 Å². The van der Waals surface area contributed by atoms with E-state index in [1.807, 2.05) is 33.5 Å². The molecule has 0 amide bonds. The summed E-state index contributed by atoms with van der Waals surface area (Å²) in [5.74, 6) is 3.73. The van der Waals surface area contributed by atoms with Crippen molar-refractivity contribution in [3.05, 3.63) is 164 Å². The van der Waals surface area contributed by atoms with Gasteiger partial charge >= 0.3 is 0 Å². The van der Waals surface area contributed by atoms with Crippen LogP contribution < -0.4 is 69.7 Å². The molecule has 3 saturated carbocycles. The number of nitrogens with zero attached hydrogens (tertiary/aromatic N) is 10. The fourth-order valence-corrected chi connectivity index (χ4v) is 21.8. The first kappa shape index (κ1) is 105. The molecule has 0 unspecified atom stereocenters. The number of nitrogens with two attached hydrogens (primary N) is 1. The molecule has 4 heterocycles. The van der Waals surface area contributed by atoms with Crippen molar-refractivity contribution >= 4 is 174 Å². The molecule has 6 atom stereocenters. The quantitative estimate of drug-likeness (QED) is 0.00638. The molecule has 8 N–H and O–H groups in total. The predicted octanol–water partition coefficient (Wildman–Crippen LogP) is 14.8. The molecule has 127 heavy (non-hydrogen) atoms. The number of thiazole rings is 3. The Balaban J connectivity index is 0.000000241. The zero-order valence-electron chi connectivity index (χ0n) is 72.4. The van der Waals surface area contributed by atoms with Crippen LogP contribution in [0.4, 0.5) is 51.3 Å². The summed E-state index contributed by atoms with van der Waals surface area (Å²) in [7, 11) is 2.08. The zero-order valence-corrected chi connectivity index (χ0v) is 80.3. The van der Waals surface area contributed by atoms with Crippen molar-refractivity contribution in [3.63, 3.8) is 0 Å². The van der Waals surface area contributed by atoms with Gasteiger partial charge in [0.25, 0.3) is 30.1 Å². The first-order valence-corrected chi connectivity index (χ1v) is 48.9. The number of hydrogen-bond acceptors (Lipinski definition) is 30. The molecule has 3 aliphatic carbocycles. The molecule has 4 aromatic heterocycles. The average Bonchev–Trinajstić information content (AvgIpc) is 1.66. The van der Waals surface area contributed by atoms with Crippen LogP contribution in [0.3, 0.4) is 0 Å². The average molecular weight is 1960 g/mol.